The van der Waals surface area contributed by atoms with Gasteiger partial charge < -0.3 is 4.90 Å². The molecule has 2 aliphatic rings. The molecule has 0 radical (unpaired) electrons. The Hall–Kier alpha value is -0.540. The molecule has 2 saturated heterocycles. The highest BCUT2D eigenvalue weighted by Gasteiger charge is 2.33. The van der Waals surface area contributed by atoms with Crippen LogP contribution in [0.1, 0.15) is 31.7 Å². The third-order valence-corrected chi connectivity index (χ3v) is 5.24. The van der Waals surface area contributed by atoms with Crippen molar-refractivity contribution in [1.29, 1.82) is 0 Å². The first-order chi connectivity index (χ1) is 9.15. The van der Waals surface area contributed by atoms with Crippen LogP contribution in [0.3, 0.4) is 0 Å². The average Bonchev–Trinajstić information content (AvgIpc) is 2.38. The van der Waals surface area contributed by atoms with Gasteiger partial charge in [-0.3, -0.25) is 4.90 Å². The molecule has 2 aliphatic heterocycles. The molecule has 2 nitrogen and oxygen atoms in total. The van der Waals surface area contributed by atoms with Crippen molar-refractivity contribution in [1.82, 2.24) is 4.90 Å². The smallest absolute Gasteiger partial charge is 0.0514 e. The minimum atomic E-state index is 0.605. The van der Waals surface area contributed by atoms with Gasteiger partial charge in [-0.25, -0.2) is 0 Å². The van der Waals surface area contributed by atoms with Gasteiger partial charge in [0.1, 0.15) is 0 Å². The van der Waals surface area contributed by atoms with Crippen LogP contribution in [0.4, 0.5) is 5.69 Å². The zero-order valence-corrected chi connectivity index (χ0v) is 13.5. The number of fused-ring (bicyclic) bond motifs is 1. The van der Waals surface area contributed by atoms with Gasteiger partial charge in [-0.05, 0) is 66.9 Å². The number of aryl methyl sites for hydroxylation is 1. The van der Waals surface area contributed by atoms with E-state index < -0.39 is 0 Å². The van der Waals surface area contributed by atoms with Crippen LogP contribution < -0.4 is 4.90 Å². The van der Waals surface area contributed by atoms with E-state index in [-0.39, 0.29) is 0 Å². The number of halogens is 1. The van der Waals surface area contributed by atoms with Gasteiger partial charge in [-0.15, -0.1) is 0 Å². The first-order valence-corrected chi connectivity index (χ1v) is 8.21. The summed E-state index contributed by atoms with van der Waals surface area (Å²) in [7, 11) is 0. The van der Waals surface area contributed by atoms with Crippen LogP contribution in [-0.4, -0.2) is 36.6 Å². The Morgan fingerprint density at radius 2 is 2.05 bits per heavy atom. The third kappa shape index (κ3) is 2.68. The lowest BCUT2D eigenvalue weighted by Gasteiger charge is -2.48. The maximum absolute atomic E-state index is 3.74. The Balaban J connectivity index is 1.83. The van der Waals surface area contributed by atoms with Gasteiger partial charge in [0.15, 0.2) is 0 Å². The van der Waals surface area contributed by atoms with Crippen molar-refractivity contribution >= 4 is 21.6 Å². The predicted molar refractivity (Wildman–Crippen MR) is 84.9 cm³/mol. The van der Waals surface area contributed by atoms with E-state index in [1.807, 2.05) is 0 Å². The van der Waals surface area contributed by atoms with Gasteiger partial charge in [-0.1, -0.05) is 12.5 Å². The van der Waals surface area contributed by atoms with E-state index in [1.165, 1.54) is 54.6 Å². The molecule has 0 amide bonds. The number of nitrogens with zero attached hydrogens (tertiary/aromatic N) is 2. The van der Waals surface area contributed by atoms with Gasteiger partial charge in [-0.2, -0.15) is 0 Å². The number of rotatable bonds is 1. The topological polar surface area (TPSA) is 6.48 Å². The highest BCUT2D eigenvalue weighted by Crippen LogP contribution is 2.33. The van der Waals surface area contributed by atoms with Crippen LogP contribution in [-0.2, 0) is 0 Å². The van der Waals surface area contributed by atoms with E-state index in [9.17, 15) is 0 Å². The molecule has 2 unspecified atom stereocenters. The summed E-state index contributed by atoms with van der Waals surface area (Å²) in [6.45, 7) is 8.21. The van der Waals surface area contributed by atoms with E-state index in [1.54, 1.807) is 0 Å². The van der Waals surface area contributed by atoms with Crippen molar-refractivity contribution in [3.8, 4) is 0 Å². The molecule has 2 atom stereocenters. The molecular weight excluding hydrogens is 300 g/mol. The van der Waals surface area contributed by atoms with E-state index >= 15 is 0 Å². The van der Waals surface area contributed by atoms with Crippen LogP contribution in [0.25, 0.3) is 0 Å². The van der Waals surface area contributed by atoms with Gasteiger partial charge >= 0.3 is 0 Å². The Morgan fingerprint density at radius 1 is 1.21 bits per heavy atom. The number of hydrogen-bond donors (Lipinski definition) is 0. The fourth-order valence-corrected chi connectivity index (χ4v) is 4.25. The third-order valence-electron chi connectivity index (χ3n) is 4.60. The molecular formula is C16H23BrN2. The summed E-state index contributed by atoms with van der Waals surface area (Å²) in [5, 5.41) is 0. The quantitative estimate of drug-likeness (QED) is 0.775. The van der Waals surface area contributed by atoms with Crippen molar-refractivity contribution in [3.05, 3.63) is 28.2 Å². The molecule has 0 bridgehead atoms. The van der Waals surface area contributed by atoms with Crippen LogP contribution in [0.5, 0.6) is 0 Å². The van der Waals surface area contributed by atoms with Crippen molar-refractivity contribution in [2.45, 2.75) is 45.2 Å². The normalized spacial score (nSPS) is 28.3. The molecule has 19 heavy (non-hydrogen) atoms. The second kappa shape index (κ2) is 5.45. The Kier molecular flexibility index (Phi) is 3.86. The second-order valence-electron chi connectivity index (χ2n) is 6.10. The average molecular weight is 323 g/mol. The number of piperazine rings is 1. The molecule has 1 aromatic carbocycles. The lowest BCUT2D eigenvalue weighted by Crippen LogP contribution is -2.58. The highest BCUT2D eigenvalue weighted by molar-refractivity contribution is 9.10. The second-order valence-corrected chi connectivity index (χ2v) is 6.96. The molecule has 1 aromatic rings. The molecule has 0 N–H and O–H groups in total. The summed E-state index contributed by atoms with van der Waals surface area (Å²) < 4.78 is 1.24. The highest BCUT2D eigenvalue weighted by atomic mass is 79.9. The number of hydrogen-bond acceptors (Lipinski definition) is 2. The monoisotopic (exact) mass is 322 g/mol. The molecule has 2 heterocycles. The summed E-state index contributed by atoms with van der Waals surface area (Å²) in [6.07, 6.45) is 4.16. The molecule has 3 rings (SSSR count). The van der Waals surface area contributed by atoms with Crippen LogP contribution in [0.2, 0.25) is 0 Å². The van der Waals surface area contributed by atoms with Crippen molar-refractivity contribution in [3.63, 3.8) is 0 Å². The zero-order valence-electron chi connectivity index (χ0n) is 11.9. The zero-order chi connectivity index (χ0) is 13.4. The standard InChI is InChI=1S/C16H23BrN2/c1-12-6-7-16(15(17)9-12)19-11-14-5-3-4-8-18(14)10-13(19)2/h6-7,9,13-14H,3-5,8,10-11H2,1-2H3. The Bertz CT molecular complexity index is 460. The first-order valence-electron chi connectivity index (χ1n) is 7.42. The van der Waals surface area contributed by atoms with Crippen LogP contribution in [0, 0.1) is 6.92 Å². The maximum Gasteiger partial charge on any atom is 0.0514 e. The van der Waals surface area contributed by atoms with E-state index in [0.29, 0.717) is 6.04 Å². The van der Waals surface area contributed by atoms with E-state index in [2.05, 4.69) is 57.8 Å². The lowest BCUT2D eigenvalue weighted by atomic mass is 9.96. The van der Waals surface area contributed by atoms with Crippen molar-refractivity contribution in [2.24, 2.45) is 0 Å². The van der Waals surface area contributed by atoms with Crippen molar-refractivity contribution < 1.29 is 0 Å². The molecule has 2 fully saturated rings. The number of anilines is 1. The Labute approximate surface area is 124 Å². The fraction of sp³-hybridized carbons (Fsp3) is 0.625. The van der Waals surface area contributed by atoms with Crippen LogP contribution >= 0.6 is 15.9 Å². The summed E-state index contributed by atoms with van der Waals surface area (Å²) in [4.78, 5) is 5.29. The molecule has 0 saturated carbocycles. The number of piperidine rings is 1. The lowest BCUT2D eigenvalue weighted by molar-refractivity contribution is 0.115. The van der Waals surface area contributed by atoms with Crippen LogP contribution in [0.15, 0.2) is 22.7 Å². The van der Waals surface area contributed by atoms with E-state index in [0.717, 1.165) is 6.04 Å². The minimum absolute atomic E-state index is 0.605. The maximum atomic E-state index is 3.74. The van der Waals surface area contributed by atoms with E-state index in [4.69, 9.17) is 0 Å². The fourth-order valence-electron chi connectivity index (χ4n) is 3.53. The predicted octanol–water partition coefficient (Wildman–Crippen LogP) is 3.82. The summed E-state index contributed by atoms with van der Waals surface area (Å²) in [5.74, 6) is 0. The minimum Gasteiger partial charge on any atom is -0.365 e. The molecule has 0 spiro atoms. The molecule has 3 heteroatoms. The van der Waals surface area contributed by atoms with Gasteiger partial charge in [0, 0.05) is 29.6 Å². The summed E-state index contributed by atoms with van der Waals surface area (Å²) in [5.41, 5.74) is 2.68. The molecule has 0 aliphatic carbocycles. The number of benzene rings is 1. The first kappa shape index (κ1) is 13.4. The largest absolute Gasteiger partial charge is 0.365 e. The SMILES string of the molecule is Cc1ccc(N2CC3CCCCN3CC2C)c(Br)c1. The Morgan fingerprint density at radius 3 is 2.84 bits per heavy atom. The van der Waals surface area contributed by atoms with Crippen molar-refractivity contribution in [2.75, 3.05) is 24.5 Å². The molecule has 0 aromatic heterocycles. The molecule has 104 valence electrons. The summed E-state index contributed by atoms with van der Waals surface area (Å²) >= 11 is 3.74. The van der Waals surface area contributed by atoms with Gasteiger partial charge in [0.2, 0.25) is 0 Å². The van der Waals surface area contributed by atoms with Gasteiger partial charge in [0.25, 0.3) is 0 Å². The van der Waals surface area contributed by atoms with Gasteiger partial charge in [0.05, 0.1) is 5.69 Å². The summed E-state index contributed by atoms with van der Waals surface area (Å²) in [6, 6.07) is 8.09.